The van der Waals surface area contributed by atoms with Crippen LogP contribution in [0.15, 0.2) is 30.8 Å². The highest BCUT2D eigenvalue weighted by atomic mass is 16.4. The Morgan fingerprint density at radius 3 is 2.62 bits per heavy atom. The Bertz CT molecular complexity index is 385. The van der Waals surface area contributed by atoms with E-state index in [2.05, 4.69) is 6.58 Å². The standard InChI is InChI=1S/C13H17NO2/c1-4-10-7-5-6-8-11(10)9-12(13(15)16)14(2)3/h4-8,12H,1,9H2,2-3H3,(H,15,16). The molecule has 0 aliphatic carbocycles. The molecule has 1 aromatic carbocycles. The Morgan fingerprint density at radius 1 is 1.50 bits per heavy atom. The number of benzene rings is 1. The molecule has 1 atom stereocenters. The number of carbonyl (C=O) groups is 1. The molecule has 1 rings (SSSR count). The van der Waals surface area contributed by atoms with Crippen molar-refractivity contribution >= 4 is 12.0 Å². The van der Waals surface area contributed by atoms with Crippen LogP contribution in [0.25, 0.3) is 6.08 Å². The van der Waals surface area contributed by atoms with E-state index in [1.165, 1.54) is 0 Å². The lowest BCUT2D eigenvalue weighted by molar-refractivity contribution is -0.142. The summed E-state index contributed by atoms with van der Waals surface area (Å²) in [4.78, 5) is 12.8. The minimum Gasteiger partial charge on any atom is -0.480 e. The van der Waals surface area contributed by atoms with Crippen LogP contribution >= 0.6 is 0 Å². The summed E-state index contributed by atoms with van der Waals surface area (Å²) >= 11 is 0. The molecule has 0 heterocycles. The van der Waals surface area contributed by atoms with E-state index in [0.717, 1.165) is 11.1 Å². The Morgan fingerprint density at radius 2 is 2.12 bits per heavy atom. The van der Waals surface area contributed by atoms with Crippen LogP contribution in [0.3, 0.4) is 0 Å². The first-order chi connectivity index (χ1) is 7.56. The van der Waals surface area contributed by atoms with Crippen molar-refractivity contribution in [2.75, 3.05) is 14.1 Å². The van der Waals surface area contributed by atoms with Gasteiger partial charge in [0.1, 0.15) is 6.04 Å². The number of hydrogen-bond acceptors (Lipinski definition) is 2. The first-order valence-corrected chi connectivity index (χ1v) is 5.16. The molecule has 1 aromatic rings. The molecule has 1 N–H and O–H groups in total. The molecule has 0 bridgehead atoms. The molecule has 0 spiro atoms. The summed E-state index contributed by atoms with van der Waals surface area (Å²) in [7, 11) is 3.55. The molecule has 86 valence electrons. The number of carboxylic acids is 1. The fourth-order valence-corrected chi connectivity index (χ4v) is 1.62. The van der Waals surface area contributed by atoms with Gasteiger partial charge in [-0.15, -0.1) is 0 Å². The minimum absolute atomic E-state index is 0.491. The van der Waals surface area contributed by atoms with Crippen LogP contribution in [0.5, 0.6) is 0 Å². The molecule has 0 fully saturated rings. The topological polar surface area (TPSA) is 40.5 Å². The van der Waals surface area contributed by atoms with Gasteiger partial charge in [0.25, 0.3) is 0 Å². The predicted molar refractivity (Wildman–Crippen MR) is 65.3 cm³/mol. The Balaban J connectivity index is 2.93. The highest BCUT2D eigenvalue weighted by Crippen LogP contribution is 2.14. The predicted octanol–water partition coefficient (Wildman–Crippen LogP) is 1.89. The van der Waals surface area contributed by atoms with E-state index in [9.17, 15) is 4.79 Å². The fraction of sp³-hybridized carbons (Fsp3) is 0.308. The molecule has 0 radical (unpaired) electrons. The number of nitrogens with zero attached hydrogens (tertiary/aromatic N) is 1. The van der Waals surface area contributed by atoms with Crippen LogP contribution in [-0.4, -0.2) is 36.1 Å². The van der Waals surface area contributed by atoms with Crippen LogP contribution in [-0.2, 0) is 11.2 Å². The van der Waals surface area contributed by atoms with Crippen molar-refractivity contribution in [2.24, 2.45) is 0 Å². The van der Waals surface area contributed by atoms with Crippen LogP contribution in [0.4, 0.5) is 0 Å². The van der Waals surface area contributed by atoms with Crippen molar-refractivity contribution in [1.29, 1.82) is 0 Å². The van der Waals surface area contributed by atoms with Crippen LogP contribution in [0.1, 0.15) is 11.1 Å². The quantitative estimate of drug-likeness (QED) is 0.822. The van der Waals surface area contributed by atoms with Gasteiger partial charge in [-0.25, -0.2) is 0 Å². The average molecular weight is 219 g/mol. The summed E-state index contributed by atoms with van der Waals surface area (Å²) in [6.45, 7) is 3.73. The maximum atomic E-state index is 11.1. The second-order valence-electron chi connectivity index (χ2n) is 3.92. The molecular weight excluding hydrogens is 202 g/mol. The largest absolute Gasteiger partial charge is 0.480 e. The third-order valence-electron chi connectivity index (χ3n) is 2.60. The van der Waals surface area contributed by atoms with Crippen molar-refractivity contribution in [1.82, 2.24) is 4.90 Å². The number of likely N-dealkylation sites (N-methyl/N-ethyl adjacent to an activating group) is 1. The summed E-state index contributed by atoms with van der Waals surface area (Å²) in [5, 5.41) is 9.10. The molecule has 16 heavy (non-hydrogen) atoms. The zero-order valence-corrected chi connectivity index (χ0v) is 9.68. The molecular formula is C13H17NO2. The first kappa shape index (κ1) is 12.5. The number of hydrogen-bond donors (Lipinski definition) is 1. The van der Waals surface area contributed by atoms with Crippen molar-refractivity contribution in [3.05, 3.63) is 42.0 Å². The fourth-order valence-electron chi connectivity index (χ4n) is 1.62. The molecule has 3 heteroatoms. The molecule has 0 aromatic heterocycles. The first-order valence-electron chi connectivity index (χ1n) is 5.16. The van der Waals surface area contributed by atoms with E-state index in [4.69, 9.17) is 5.11 Å². The van der Waals surface area contributed by atoms with E-state index < -0.39 is 12.0 Å². The van der Waals surface area contributed by atoms with Gasteiger partial charge in [0.2, 0.25) is 0 Å². The lowest BCUT2D eigenvalue weighted by atomic mass is 10.00. The van der Waals surface area contributed by atoms with E-state index in [-0.39, 0.29) is 0 Å². The SMILES string of the molecule is C=Cc1ccccc1CC(C(=O)O)N(C)C. The maximum absolute atomic E-state index is 11.1. The van der Waals surface area contributed by atoms with Gasteiger partial charge < -0.3 is 5.11 Å². The monoisotopic (exact) mass is 219 g/mol. The Kier molecular flexibility index (Phi) is 4.26. The van der Waals surface area contributed by atoms with Gasteiger partial charge in [0.15, 0.2) is 0 Å². The molecule has 0 saturated carbocycles. The summed E-state index contributed by atoms with van der Waals surface area (Å²) < 4.78 is 0. The molecule has 0 aliphatic rings. The van der Waals surface area contributed by atoms with E-state index in [1.807, 2.05) is 24.3 Å². The van der Waals surface area contributed by atoms with Crippen LogP contribution in [0, 0.1) is 0 Å². The van der Waals surface area contributed by atoms with Gasteiger partial charge in [-0.1, -0.05) is 36.9 Å². The van der Waals surface area contributed by atoms with E-state index in [1.54, 1.807) is 25.1 Å². The van der Waals surface area contributed by atoms with Crippen LogP contribution in [0.2, 0.25) is 0 Å². The maximum Gasteiger partial charge on any atom is 0.321 e. The zero-order valence-electron chi connectivity index (χ0n) is 9.68. The number of carboxylic acid groups (broad SMARTS) is 1. The normalized spacial score (nSPS) is 12.4. The van der Waals surface area contributed by atoms with Gasteiger partial charge in [-0.2, -0.15) is 0 Å². The minimum atomic E-state index is -0.802. The summed E-state index contributed by atoms with van der Waals surface area (Å²) in [6.07, 6.45) is 2.24. The third kappa shape index (κ3) is 2.94. The van der Waals surface area contributed by atoms with Crippen LogP contribution < -0.4 is 0 Å². The van der Waals surface area contributed by atoms with Gasteiger partial charge in [-0.05, 0) is 31.6 Å². The van der Waals surface area contributed by atoms with Crippen molar-refractivity contribution in [2.45, 2.75) is 12.5 Å². The lowest BCUT2D eigenvalue weighted by Crippen LogP contribution is -2.37. The molecule has 0 amide bonds. The summed E-state index contributed by atoms with van der Waals surface area (Å²) in [5.74, 6) is -0.802. The average Bonchev–Trinajstić information content (AvgIpc) is 2.25. The molecule has 1 unspecified atom stereocenters. The Hall–Kier alpha value is -1.61. The van der Waals surface area contributed by atoms with Gasteiger partial charge >= 0.3 is 5.97 Å². The molecule has 0 aliphatic heterocycles. The molecule has 3 nitrogen and oxygen atoms in total. The summed E-state index contributed by atoms with van der Waals surface area (Å²) in [5.41, 5.74) is 2.01. The Labute approximate surface area is 96.0 Å². The highest BCUT2D eigenvalue weighted by molar-refractivity contribution is 5.74. The van der Waals surface area contributed by atoms with Gasteiger partial charge in [-0.3, -0.25) is 9.69 Å². The van der Waals surface area contributed by atoms with Crippen molar-refractivity contribution in [3.63, 3.8) is 0 Å². The number of aliphatic carboxylic acids is 1. The second-order valence-corrected chi connectivity index (χ2v) is 3.92. The molecule has 0 saturated heterocycles. The zero-order chi connectivity index (χ0) is 12.1. The highest BCUT2D eigenvalue weighted by Gasteiger charge is 2.20. The van der Waals surface area contributed by atoms with Gasteiger partial charge in [0.05, 0.1) is 0 Å². The van der Waals surface area contributed by atoms with Crippen molar-refractivity contribution < 1.29 is 9.90 Å². The smallest absolute Gasteiger partial charge is 0.321 e. The van der Waals surface area contributed by atoms with Crippen molar-refractivity contribution in [3.8, 4) is 0 Å². The lowest BCUT2D eigenvalue weighted by Gasteiger charge is -2.20. The second kappa shape index (κ2) is 5.47. The van der Waals surface area contributed by atoms with E-state index >= 15 is 0 Å². The van der Waals surface area contributed by atoms with Gasteiger partial charge in [0, 0.05) is 0 Å². The summed E-state index contributed by atoms with van der Waals surface area (Å²) in [6, 6.07) is 7.22. The number of rotatable bonds is 5. The van der Waals surface area contributed by atoms with E-state index in [0.29, 0.717) is 6.42 Å². The third-order valence-corrected chi connectivity index (χ3v) is 2.60.